The predicted octanol–water partition coefficient (Wildman–Crippen LogP) is 4.82. The van der Waals surface area contributed by atoms with Gasteiger partial charge in [-0.15, -0.1) is 0 Å². The van der Waals surface area contributed by atoms with Gasteiger partial charge < -0.3 is 23.9 Å². The molecule has 1 saturated heterocycles. The van der Waals surface area contributed by atoms with Gasteiger partial charge in [0.15, 0.2) is 11.5 Å². The van der Waals surface area contributed by atoms with Gasteiger partial charge in [0.25, 0.3) is 0 Å². The quantitative estimate of drug-likeness (QED) is 0.373. The highest BCUT2D eigenvalue weighted by Crippen LogP contribution is 2.54. The summed E-state index contributed by atoms with van der Waals surface area (Å²) in [5.41, 5.74) is 4.11. The van der Waals surface area contributed by atoms with Gasteiger partial charge in [0, 0.05) is 22.5 Å². The first-order valence-electron chi connectivity index (χ1n) is 12.4. The van der Waals surface area contributed by atoms with E-state index in [0.29, 0.717) is 35.1 Å². The van der Waals surface area contributed by atoms with Crippen LogP contribution in [0, 0.1) is 5.92 Å². The van der Waals surface area contributed by atoms with Crippen LogP contribution in [0.25, 0.3) is 10.9 Å². The van der Waals surface area contributed by atoms with Gasteiger partial charge in [0.2, 0.25) is 17.6 Å². The first kappa shape index (κ1) is 23.9. The Morgan fingerprint density at radius 1 is 0.816 bits per heavy atom. The van der Waals surface area contributed by atoms with E-state index in [-0.39, 0.29) is 17.7 Å². The van der Waals surface area contributed by atoms with E-state index in [1.165, 1.54) is 4.90 Å². The van der Waals surface area contributed by atoms with Crippen molar-refractivity contribution in [2.45, 2.75) is 18.3 Å². The molecule has 0 radical (unpaired) electrons. The molecule has 1 aliphatic carbocycles. The number of carbonyl (C=O) groups is 2. The third-order valence-electron chi connectivity index (χ3n) is 7.78. The molecule has 6 rings (SSSR count). The van der Waals surface area contributed by atoms with Crippen molar-refractivity contribution < 1.29 is 28.5 Å². The maximum absolute atomic E-state index is 14.1. The van der Waals surface area contributed by atoms with Crippen LogP contribution >= 0.6 is 0 Å². The Morgan fingerprint density at radius 2 is 1.53 bits per heavy atom. The minimum absolute atomic E-state index is 0.215. The number of ether oxygens (including phenoxy) is 4. The minimum atomic E-state index is -0.656. The number of hydrogen-bond donors (Lipinski definition) is 1. The third-order valence-corrected chi connectivity index (χ3v) is 7.78. The van der Waals surface area contributed by atoms with Crippen LogP contribution in [0.5, 0.6) is 23.0 Å². The van der Waals surface area contributed by atoms with E-state index in [1.807, 2.05) is 48.5 Å². The zero-order valence-corrected chi connectivity index (χ0v) is 21.6. The maximum atomic E-state index is 14.1. The van der Waals surface area contributed by atoms with Gasteiger partial charge in [-0.2, -0.15) is 0 Å². The smallest absolute Gasteiger partial charge is 0.242 e. The normalized spacial score (nSPS) is 20.3. The second-order valence-corrected chi connectivity index (χ2v) is 9.55. The van der Waals surface area contributed by atoms with E-state index in [9.17, 15) is 9.59 Å². The summed E-state index contributed by atoms with van der Waals surface area (Å²) in [6.07, 6.45) is 0.535. The van der Waals surface area contributed by atoms with Crippen molar-refractivity contribution in [1.29, 1.82) is 0 Å². The number of aromatic amines is 1. The van der Waals surface area contributed by atoms with Gasteiger partial charge in [0.1, 0.15) is 5.75 Å². The number of nitrogens with zero attached hydrogens (tertiary/aromatic N) is 1. The predicted molar refractivity (Wildman–Crippen MR) is 143 cm³/mol. The summed E-state index contributed by atoms with van der Waals surface area (Å²) in [7, 11) is 6.30. The molecule has 3 atom stereocenters. The molecule has 1 aromatic heterocycles. The number of amides is 2. The van der Waals surface area contributed by atoms with Crippen molar-refractivity contribution in [3.05, 3.63) is 77.5 Å². The lowest BCUT2D eigenvalue weighted by Gasteiger charge is -2.32. The fourth-order valence-electron chi connectivity index (χ4n) is 6.11. The van der Waals surface area contributed by atoms with E-state index in [4.69, 9.17) is 18.9 Å². The molecule has 3 aromatic carbocycles. The third kappa shape index (κ3) is 3.44. The Labute approximate surface area is 220 Å². The molecular weight excluding hydrogens is 484 g/mol. The van der Waals surface area contributed by atoms with Crippen LogP contribution in [0.2, 0.25) is 0 Å². The van der Waals surface area contributed by atoms with Crippen LogP contribution in [-0.2, 0) is 16.0 Å². The van der Waals surface area contributed by atoms with E-state index in [0.717, 1.165) is 27.7 Å². The number of carbonyl (C=O) groups excluding carboxylic acids is 2. The standard InChI is InChI=1S/C30H28N2O6/c1-35-18-10-11-21-20(14-18)25-22(31-21)15-19(16-12-23(36-2)28(38-4)24(13-16)37-3)26-27(25)30(34)32(29(26)33)17-8-6-5-7-9-17/h5-14,19,26-27,31H,15H2,1-4H3/t19-,26+,27-/m0/s1. The first-order valence-corrected chi connectivity index (χ1v) is 12.4. The largest absolute Gasteiger partial charge is 0.497 e. The average molecular weight is 513 g/mol. The van der Waals surface area contributed by atoms with E-state index in [1.54, 1.807) is 40.6 Å². The summed E-state index contributed by atoms with van der Waals surface area (Å²) >= 11 is 0. The summed E-state index contributed by atoms with van der Waals surface area (Å²) in [6, 6.07) is 18.6. The number of rotatable bonds is 6. The number of hydrogen-bond acceptors (Lipinski definition) is 6. The molecule has 1 aliphatic heterocycles. The lowest BCUT2D eigenvalue weighted by molar-refractivity contribution is -0.122. The molecule has 1 fully saturated rings. The van der Waals surface area contributed by atoms with E-state index < -0.39 is 11.8 Å². The number of fused-ring (bicyclic) bond motifs is 5. The highest BCUT2D eigenvalue weighted by Gasteiger charge is 2.56. The van der Waals surface area contributed by atoms with Crippen LogP contribution < -0.4 is 23.8 Å². The zero-order valence-electron chi connectivity index (χ0n) is 21.6. The number of benzene rings is 3. The van der Waals surface area contributed by atoms with Crippen LogP contribution in [0.4, 0.5) is 5.69 Å². The molecular formula is C30H28N2O6. The highest BCUT2D eigenvalue weighted by molar-refractivity contribution is 6.25. The number of aromatic nitrogens is 1. The Kier molecular flexibility index (Phi) is 5.75. The number of H-pyrrole nitrogens is 1. The number of para-hydroxylation sites is 1. The van der Waals surface area contributed by atoms with Gasteiger partial charge >= 0.3 is 0 Å². The molecule has 0 unspecified atom stereocenters. The van der Waals surface area contributed by atoms with Crippen LogP contribution in [0.3, 0.4) is 0 Å². The Morgan fingerprint density at radius 3 is 2.16 bits per heavy atom. The number of imide groups is 1. The van der Waals surface area contributed by atoms with Crippen LogP contribution in [0.15, 0.2) is 60.7 Å². The second kappa shape index (κ2) is 9.13. The molecule has 8 heteroatoms. The summed E-state index contributed by atoms with van der Waals surface area (Å²) in [6.45, 7) is 0. The molecule has 0 saturated carbocycles. The molecule has 38 heavy (non-hydrogen) atoms. The average Bonchev–Trinajstić information content (AvgIpc) is 3.45. The van der Waals surface area contributed by atoms with Crippen LogP contribution in [0.1, 0.15) is 28.7 Å². The number of nitrogens with one attached hydrogen (secondary N) is 1. The van der Waals surface area contributed by atoms with Gasteiger partial charge in [0.05, 0.1) is 46.0 Å². The molecule has 8 nitrogen and oxygen atoms in total. The van der Waals surface area contributed by atoms with Gasteiger partial charge in [-0.1, -0.05) is 18.2 Å². The highest BCUT2D eigenvalue weighted by atomic mass is 16.5. The molecule has 2 heterocycles. The molecule has 1 N–H and O–H groups in total. The maximum Gasteiger partial charge on any atom is 0.242 e. The zero-order chi connectivity index (χ0) is 26.6. The minimum Gasteiger partial charge on any atom is -0.497 e. The molecule has 194 valence electrons. The van der Waals surface area contributed by atoms with Crippen molar-refractivity contribution in [2.24, 2.45) is 5.92 Å². The molecule has 4 aromatic rings. The Bertz CT molecular complexity index is 1540. The fraction of sp³-hybridized carbons (Fsp3) is 0.267. The number of methoxy groups -OCH3 is 4. The lowest BCUT2D eigenvalue weighted by atomic mass is 9.69. The molecule has 2 aliphatic rings. The molecule has 0 bridgehead atoms. The summed E-state index contributed by atoms with van der Waals surface area (Å²) in [5.74, 6) is 0.162. The van der Waals surface area contributed by atoms with E-state index >= 15 is 0 Å². The summed E-state index contributed by atoms with van der Waals surface area (Å²) in [5, 5.41) is 0.897. The monoisotopic (exact) mass is 512 g/mol. The summed E-state index contributed by atoms with van der Waals surface area (Å²) in [4.78, 5) is 33.1. The Hall–Kier alpha value is -4.46. The molecule has 2 amide bonds. The second-order valence-electron chi connectivity index (χ2n) is 9.55. The van der Waals surface area contributed by atoms with Crippen molar-refractivity contribution in [2.75, 3.05) is 33.3 Å². The van der Waals surface area contributed by atoms with Gasteiger partial charge in [-0.3, -0.25) is 9.59 Å². The lowest BCUT2D eigenvalue weighted by Crippen LogP contribution is -2.32. The number of anilines is 1. The van der Waals surface area contributed by atoms with Gasteiger partial charge in [-0.05, 0) is 60.0 Å². The SMILES string of the molecule is COc1ccc2[nH]c3c(c2c1)[C@@H]1C(=O)N(c2ccccc2)C(=O)[C@@H]1[C@H](c1cc(OC)c(OC)c(OC)c1)C3. The first-order chi connectivity index (χ1) is 18.5. The van der Waals surface area contributed by atoms with Crippen molar-refractivity contribution in [3.8, 4) is 23.0 Å². The Balaban J connectivity index is 1.58. The van der Waals surface area contributed by atoms with E-state index in [2.05, 4.69) is 4.98 Å². The topological polar surface area (TPSA) is 90.1 Å². The molecule has 0 spiro atoms. The van der Waals surface area contributed by atoms with Crippen molar-refractivity contribution in [1.82, 2.24) is 4.98 Å². The van der Waals surface area contributed by atoms with Crippen molar-refractivity contribution in [3.63, 3.8) is 0 Å². The summed E-state index contributed by atoms with van der Waals surface area (Å²) < 4.78 is 22.2. The fourth-order valence-corrected chi connectivity index (χ4v) is 6.11. The van der Waals surface area contributed by atoms with Crippen molar-refractivity contribution >= 4 is 28.4 Å². The van der Waals surface area contributed by atoms with Crippen LogP contribution in [-0.4, -0.2) is 45.2 Å². The van der Waals surface area contributed by atoms with Gasteiger partial charge in [-0.25, -0.2) is 4.90 Å².